The molecule has 0 unspecified atom stereocenters. The number of likely N-dealkylation sites (tertiary alicyclic amines) is 1. The van der Waals surface area contributed by atoms with Crippen LogP contribution in [0.4, 0.5) is 0 Å². The van der Waals surface area contributed by atoms with Gasteiger partial charge in [0.05, 0.1) is 22.8 Å². The number of rotatable bonds is 4. The third kappa shape index (κ3) is 4.13. The highest BCUT2D eigenvalue weighted by molar-refractivity contribution is 7.13. The Labute approximate surface area is 173 Å². The Balaban J connectivity index is 1.44. The number of aromatic nitrogens is 2. The van der Waals surface area contributed by atoms with Crippen LogP contribution in [0.1, 0.15) is 56.3 Å². The number of aryl methyl sites for hydroxylation is 2. The summed E-state index contributed by atoms with van der Waals surface area (Å²) in [5.74, 6) is 1.75. The first-order chi connectivity index (χ1) is 13.5. The first-order valence-electron chi connectivity index (χ1n) is 9.42. The highest BCUT2D eigenvalue weighted by atomic mass is 35.5. The van der Waals surface area contributed by atoms with Crippen LogP contribution < -0.4 is 0 Å². The van der Waals surface area contributed by atoms with E-state index in [-0.39, 0.29) is 11.8 Å². The van der Waals surface area contributed by atoms with Crippen molar-refractivity contribution in [3.8, 4) is 0 Å². The summed E-state index contributed by atoms with van der Waals surface area (Å²) in [5, 5.41) is 1.65. The number of amides is 1. The molecule has 0 radical (unpaired) electrons. The van der Waals surface area contributed by atoms with Gasteiger partial charge in [-0.05, 0) is 44.4 Å². The topological polar surface area (TPSA) is 59.2 Å². The van der Waals surface area contributed by atoms with Gasteiger partial charge in [0, 0.05) is 24.5 Å². The minimum Gasteiger partial charge on any atom is -0.445 e. The number of halogens is 1. The molecule has 1 atom stereocenters. The quantitative estimate of drug-likeness (QED) is 0.600. The lowest BCUT2D eigenvalue weighted by Crippen LogP contribution is -2.39. The van der Waals surface area contributed by atoms with E-state index in [0.717, 1.165) is 57.2 Å². The molecule has 1 fully saturated rings. The zero-order valence-corrected chi connectivity index (χ0v) is 17.5. The molecule has 1 saturated heterocycles. The lowest BCUT2D eigenvalue weighted by Gasteiger charge is -2.31. The van der Waals surface area contributed by atoms with Crippen molar-refractivity contribution >= 4 is 28.8 Å². The van der Waals surface area contributed by atoms with Crippen LogP contribution in [-0.2, 0) is 6.42 Å². The van der Waals surface area contributed by atoms with Gasteiger partial charge in [-0.2, -0.15) is 0 Å². The van der Waals surface area contributed by atoms with Gasteiger partial charge < -0.3 is 9.32 Å². The number of hydrogen-bond acceptors (Lipinski definition) is 5. The smallest absolute Gasteiger partial charge is 0.265 e. The summed E-state index contributed by atoms with van der Waals surface area (Å²) in [7, 11) is 0. The Morgan fingerprint density at radius 3 is 2.82 bits per heavy atom. The van der Waals surface area contributed by atoms with Gasteiger partial charge in [-0.15, -0.1) is 11.3 Å². The molecule has 3 aromatic rings. The van der Waals surface area contributed by atoms with Crippen molar-refractivity contribution < 1.29 is 9.21 Å². The highest BCUT2D eigenvalue weighted by Gasteiger charge is 2.30. The van der Waals surface area contributed by atoms with Gasteiger partial charge in [0.15, 0.2) is 5.89 Å². The van der Waals surface area contributed by atoms with Crippen LogP contribution in [0.3, 0.4) is 0 Å². The molecular weight excluding hydrogens is 394 g/mol. The van der Waals surface area contributed by atoms with Crippen LogP contribution >= 0.6 is 22.9 Å². The summed E-state index contributed by atoms with van der Waals surface area (Å²) in [4.78, 5) is 24.5. The molecular formula is C21H22ClN3O2S. The Morgan fingerprint density at radius 2 is 2.11 bits per heavy atom. The summed E-state index contributed by atoms with van der Waals surface area (Å²) < 4.78 is 6.03. The second-order valence-electron chi connectivity index (χ2n) is 7.21. The summed E-state index contributed by atoms with van der Waals surface area (Å²) in [6, 6.07) is 7.74. The lowest BCUT2D eigenvalue weighted by atomic mass is 9.98. The minimum absolute atomic E-state index is 0.0701. The molecule has 1 amide bonds. The Morgan fingerprint density at radius 1 is 1.32 bits per heavy atom. The predicted molar refractivity (Wildman–Crippen MR) is 110 cm³/mol. The van der Waals surface area contributed by atoms with Gasteiger partial charge >= 0.3 is 0 Å². The molecule has 28 heavy (non-hydrogen) atoms. The molecule has 3 heterocycles. The van der Waals surface area contributed by atoms with E-state index in [2.05, 4.69) is 9.97 Å². The van der Waals surface area contributed by atoms with Crippen LogP contribution in [0.25, 0.3) is 0 Å². The maximum absolute atomic E-state index is 12.9. The molecule has 1 aliphatic heterocycles. The third-order valence-electron chi connectivity index (χ3n) is 5.02. The van der Waals surface area contributed by atoms with Gasteiger partial charge in [-0.1, -0.05) is 23.7 Å². The van der Waals surface area contributed by atoms with E-state index in [1.807, 2.05) is 43.0 Å². The average molecular weight is 416 g/mol. The van der Waals surface area contributed by atoms with Crippen LogP contribution in [0.5, 0.6) is 0 Å². The van der Waals surface area contributed by atoms with Crippen LogP contribution in [-0.4, -0.2) is 33.9 Å². The minimum atomic E-state index is 0.0701. The number of hydrogen-bond donors (Lipinski definition) is 0. The number of piperidine rings is 1. The van der Waals surface area contributed by atoms with Gasteiger partial charge in [-0.3, -0.25) is 4.79 Å². The number of carbonyl (C=O) groups excluding carboxylic acids is 1. The molecule has 1 aliphatic rings. The molecule has 0 saturated carbocycles. The lowest BCUT2D eigenvalue weighted by molar-refractivity contribution is 0.0702. The molecule has 5 nitrogen and oxygen atoms in total. The van der Waals surface area contributed by atoms with Gasteiger partial charge in [0.1, 0.15) is 10.6 Å². The number of benzene rings is 1. The molecule has 7 heteroatoms. The summed E-state index contributed by atoms with van der Waals surface area (Å²) in [6.07, 6.45) is 4.40. The maximum Gasteiger partial charge on any atom is 0.265 e. The van der Waals surface area contributed by atoms with Gasteiger partial charge in [0.25, 0.3) is 5.91 Å². The molecule has 2 aromatic heterocycles. The average Bonchev–Trinajstić information content (AvgIpc) is 3.29. The Hall–Kier alpha value is -2.18. The molecule has 0 bridgehead atoms. The van der Waals surface area contributed by atoms with Crippen molar-refractivity contribution in [1.82, 2.24) is 14.9 Å². The largest absolute Gasteiger partial charge is 0.445 e. The van der Waals surface area contributed by atoms with E-state index < -0.39 is 0 Å². The molecule has 1 aromatic carbocycles. The fraction of sp³-hybridized carbons (Fsp3) is 0.381. The van der Waals surface area contributed by atoms with Crippen molar-refractivity contribution in [2.75, 3.05) is 13.1 Å². The second kappa shape index (κ2) is 8.05. The fourth-order valence-corrected chi connectivity index (χ4v) is 4.65. The Bertz CT molecular complexity index is 980. The predicted octanol–water partition coefficient (Wildman–Crippen LogP) is 5.01. The summed E-state index contributed by atoms with van der Waals surface area (Å²) in [5.41, 5.74) is 1.94. The zero-order valence-electron chi connectivity index (χ0n) is 15.9. The maximum atomic E-state index is 12.9. The Kier molecular flexibility index (Phi) is 5.51. The van der Waals surface area contributed by atoms with Crippen molar-refractivity contribution in [3.63, 3.8) is 0 Å². The van der Waals surface area contributed by atoms with E-state index >= 15 is 0 Å². The first-order valence-corrected chi connectivity index (χ1v) is 10.6. The molecule has 0 spiro atoms. The van der Waals surface area contributed by atoms with Crippen molar-refractivity contribution in [2.45, 2.75) is 39.0 Å². The third-order valence-corrected chi connectivity index (χ3v) is 6.33. The number of oxazole rings is 1. The number of nitrogens with zero attached hydrogens (tertiary/aromatic N) is 3. The summed E-state index contributed by atoms with van der Waals surface area (Å²) >= 11 is 7.41. The van der Waals surface area contributed by atoms with Crippen LogP contribution in [0.15, 0.2) is 34.9 Å². The highest BCUT2D eigenvalue weighted by Crippen LogP contribution is 2.29. The first kappa shape index (κ1) is 19.2. The van der Waals surface area contributed by atoms with E-state index in [1.165, 1.54) is 11.3 Å². The number of carbonyl (C=O) groups is 1. The van der Waals surface area contributed by atoms with E-state index in [0.29, 0.717) is 13.0 Å². The normalized spacial score (nSPS) is 17.1. The van der Waals surface area contributed by atoms with Crippen molar-refractivity contribution in [2.24, 2.45) is 0 Å². The van der Waals surface area contributed by atoms with Crippen molar-refractivity contribution in [1.29, 1.82) is 0 Å². The van der Waals surface area contributed by atoms with Crippen molar-refractivity contribution in [3.05, 3.63) is 68.3 Å². The van der Waals surface area contributed by atoms with Crippen LogP contribution in [0, 0.1) is 13.8 Å². The van der Waals surface area contributed by atoms with E-state index in [9.17, 15) is 4.79 Å². The van der Waals surface area contributed by atoms with Gasteiger partial charge in [-0.25, -0.2) is 9.97 Å². The SMILES string of the molecule is Cc1nc(C)c(C(=O)N2CCC[C@H](c3ncc(Cc4ccc(Cl)cc4)o3)C2)s1. The monoisotopic (exact) mass is 415 g/mol. The molecule has 146 valence electrons. The molecule has 4 rings (SSSR count). The second-order valence-corrected chi connectivity index (χ2v) is 8.85. The molecule has 0 N–H and O–H groups in total. The fourth-order valence-electron chi connectivity index (χ4n) is 3.63. The standard InChI is InChI=1S/C21H22ClN3O2S/c1-13-19(28-14(2)24-13)21(26)25-9-3-4-16(12-25)20-23-11-18(27-20)10-15-5-7-17(22)8-6-15/h5-8,11,16H,3-4,9-10,12H2,1-2H3/t16-/m0/s1. The van der Waals surface area contributed by atoms with Gasteiger partial charge in [0.2, 0.25) is 0 Å². The summed E-state index contributed by atoms with van der Waals surface area (Å²) in [6.45, 7) is 5.23. The van der Waals surface area contributed by atoms with E-state index in [4.69, 9.17) is 16.0 Å². The molecule has 0 aliphatic carbocycles. The number of thiazole rings is 1. The zero-order chi connectivity index (χ0) is 19.7. The van der Waals surface area contributed by atoms with Crippen LogP contribution in [0.2, 0.25) is 5.02 Å². The van der Waals surface area contributed by atoms with E-state index in [1.54, 1.807) is 6.20 Å².